The number of carbonyl (C=O) groups excluding carboxylic acids is 1. The zero-order chi connectivity index (χ0) is 14.8. The Labute approximate surface area is 119 Å². The number of hydrogen-bond donors (Lipinski definition) is 1. The van der Waals surface area contributed by atoms with Crippen molar-refractivity contribution < 1.29 is 23.8 Å². The average molecular weight is 289 g/mol. The fourth-order valence-electron chi connectivity index (χ4n) is 3.62. The number of amides is 1. The molecule has 108 valence electrons. The summed E-state index contributed by atoms with van der Waals surface area (Å²) in [6.07, 6.45) is 2.98. The largest absolute Gasteiger partial charge is 0.481 e. The van der Waals surface area contributed by atoms with Gasteiger partial charge in [0.25, 0.3) is 0 Å². The van der Waals surface area contributed by atoms with Crippen molar-refractivity contribution in [3.63, 3.8) is 0 Å². The van der Waals surface area contributed by atoms with Crippen LogP contribution in [0, 0.1) is 17.7 Å². The fraction of sp³-hybridized carbons (Fsp3) is 0.333. The van der Waals surface area contributed by atoms with E-state index in [-0.39, 0.29) is 18.3 Å². The van der Waals surface area contributed by atoms with Gasteiger partial charge in [0.15, 0.2) is 0 Å². The number of carboxylic acid groups (broad SMARTS) is 1. The van der Waals surface area contributed by atoms with Crippen LogP contribution in [0.4, 0.5) is 10.1 Å². The maximum atomic E-state index is 13.0. The summed E-state index contributed by atoms with van der Waals surface area (Å²) in [4.78, 5) is 25.5. The molecule has 0 radical (unpaired) electrons. The molecule has 2 saturated heterocycles. The number of anilines is 1. The highest BCUT2D eigenvalue weighted by Crippen LogP contribution is 2.52. The van der Waals surface area contributed by atoms with Gasteiger partial charge in [-0.2, -0.15) is 0 Å². The molecule has 5 nitrogen and oxygen atoms in total. The van der Waals surface area contributed by atoms with Crippen molar-refractivity contribution in [2.45, 2.75) is 11.7 Å². The molecular formula is C15H12FNO4. The van der Waals surface area contributed by atoms with E-state index in [0.29, 0.717) is 5.69 Å². The number of rotatable bonds is 2. The van der Waals surface area contributed by atoms with Crippen molar-refractivity contribution in [1.82, 2.24) is 0 Å². The fourth-order valence-corrected chi connectivity index (χ4v) is 3.62. The van der Waals surface area contributed by atoms with Crippen LogP contribution in [0.1, 0.15) is 0 Å². The van der Waals surface area contributed by atoms with Crippen LogP contribution < -0.4 is 4.90 Å². The van der Waals surface area contributed by atoms with E-state index in [4.69, 9.17) is 4.74 Å². The van der Waals surface area contributed by atoms with Crippen molar-refractivity contribution in [3.8, 4) is 0 Å². The van der Waals surface area contributed by atoms with Crippen LogP contribution in [0.5, 0.6) is 0 Å². The number of benzene rings is 1. The van der Waals surface area contributed by atoms with Gasteiger partial charge in [-0.25, -0.2) is 4.39 Å². The van der Waals surface area contributed by atoms with Gasteiger partial charge in [0.05, 0.1) is 18.6 Å². The van der Waals surface area contributed by atoms with Gasteiger partial charge in [-0.3, -0.25) is 9.59 Å². The summed E-state index contributed by atoms with van der Waals surface area (Å²) in [7, 11) is 0. The Morgan fingerprint density at radius 3 is 2.76 bits per heavy atom. The zero-order valence-electron chi connectivity index (χ0n) is 10.9. The number of hydrogen-bond acceptors (Lipinski definition) is 3. The summed E-state index contributed by atoms with van der Waals surface area (Å²) in [5.74, 6) is -3.25. The summed E-state index contributed by atoms with van der Waals surface area (Å²) in [5, 5.41) is 9.36. The monoisotopic (exact) mass is 289 g/mol. The Hall–Kier alpha value is -2.21. The Balaban J connectivity index is 1.73. The van der Waals surface area contributed by atoms with Crippen molar-refractivity contribution in [1.29, 1.82) is 0 Å². The highest BCUT2D eigenvalue weighted by molar-refractivity contribution is 6.02. The normalized spacial score (nSPS) is 36.3. The average Bonchev–Trinajstić information content (AvgIpc) is 3.08. The number of carboxylic acids is 1. The van der Waals surface area contributed by atoms with Gasteiger partial charge in [0.2, 0.25) is 5.91 Å². The third kappa shape index (κ3) is 1.53. The quantitative estimate of drug-likeness (QED) is 0.831. The zero-order valence-corrected chi connectivity index (χ0v) is 10.9. The van der Waals surface area contributed by atoms with Crippen molar-refractivity contribution in [2.75, 3.05) is 11.4 Å². The lowest BCUT2D eigenvalue weighted by atomic mass is 9.77. The second-order valence-corrected chi connectivity index (χ2v) is 5.64. The molecule has 21 heavy (non-hydrogen) atoms. The Kier molecular flexibility index (Phi) is 2.34. The van der Waals surface area contributed by atoms with Gasteiger partial charge in [-0.1, -0.05) is 12.2 Å². The molecule has 2 fully saturated rings. The van der Waals surface area contributed by atoms with Gasteiger partial charge in [0.1, 0.15) is 17.3 Å². The van der Waals surface area contributed by atoms with E-state index in [0.717, 1.165) is 0 Å². The second-order valence-electron chi connectivity index (χ2n) is 5.64. The summed E-state index contributed by atoms with van der Waals surface area (Å²) >= 11 is 0. The van der Waals surface area contributed by atoms with Crippen LogP contribution >= 0.6 is 0 Å². The van der Waals surface area contributed by atoms with E-state index in [9.17, 15) is 19.1 Å². The van der Waals surface area contributed by atoms with Gasteiger partial charge in [0, 0.05) is 5.69 Å². The molecule has 0 aliphatic carbocycles. The number of carbonyl (C=O) groups is 2. The third-order valence-corrected chi connectivity index (χ3v) is 4.52. The molecule has 4 atom stereocenters. The molecule has 1 aromatic rings. The van der Waals surface area contributed by atoms with E-state index in [1.807, 2.05) is 0 Å². The third-order valence-electron chi connectivity index (χ3n) is 4.52. The predicted octanol–water partition coefficient (Wildman–Crippen LogP) is 1.20. The predicted molar refractivity (Wildman–Crippen MR) is 70.1 cm³/mol. The molecule has 0 unspecified atom stereocenters. The van der Waals surface area contributed by atoms with E-state index >= 15 is 0 Å². The minimum absolute atomic E-state index is 0.263. The second kappa shape index (κ2) is 3.92. The SMILES string of the molecule is O=C(O)[C@H]1[C@H]2C=C[C@@]3(CN(c4ccc(F)cc4)C(=O)[C@@H]13)O2. The molecule has 6 heteroatoms. The number of nitrogens with zero attached hydrogens (tertiary/aromatic N) is 1. The van der Waals surface area contributed by atoms with E-state index in [1.165, 1.54) is 29.2 Å². The first kappa shape index (κ1) is 12.5. The first-order valence-corrected chi connectivity index (χ1v) is 6.69. The standard InChI is InChI=1S/C15H12FNO4/c16-8-1-3-9(4-2-8)17-7-15-6-5-10(21-15)11(14(19)20)12(15)13(17)18/h1-6,10-12H,7H2,(H,19,20)/t10-,11+,12-,15+/m1/s1. The summed E-state index contributed by atoms with van der Waals surface area (Å²) in [5.41, 5.74) is -0.311. The topological polar surface area (TPSA) is 66.8 Å². The molecular weight excluding hydrogens is 277 g/mol. The first-order chi connectivity index (χ1) is 10.0. The minimum Gasteiger partial charge on any atom is -0.481 e. The molecule has 1 aromatic carbocycles. The number of ether oxygens (including phenoxy) is 1. The molecule has 4 rings (SSSR count). The molecule has 3 aliphatic heterocycles. The molecule has 3 heterocycles. The maximum Gasteiger partial charge on any atom is 0.310 e. The summed E-state index contributed by atoms with van der Waals surface area (Å²) < 4.78 is 18.8. The van der Waals surface area contributed by atoms with E-state index in [1.54, 1.807) is 12.2 Å². The van der Waals surface area contributed by atoms with Crippen LogP contribution in [-0.4, -0.2) is 35.2 Å². The Morgan fingerprint density at radius 2 is 2.10 bits per heavy atom. The molecule has 1 spiro atoms. The summed E-state index contributed by atoms with van der Waals surface area (Å²) in [6.45, 7) is 0.263. The molecule has 3 aliphatic rings. The molecule has 0 aromatic heterocycles. The van der Waals surface area contributed by atoms with Crippen LogP contribution in [0.25, 0.3) is 0 Å². The van der Waals surface area contributed by atoms with Crippen molar-refractivity contribution in [2.24, 2.45) is 11.8 Å². The number of fused-ring (bicyclic) bond motifs is 1. The molecule has 2 bridgehead atoms. The Bertz CT molecular complexity index is 671. The first-order valence-electron chi connectivity index (χ1n) is 6.69. The van der Waals surface area contributed by atoms with Crippen LogP contribution in [0.15, 0.2) is 36.4 Å². The van der Waals surface area contributed by atoms with E-state index < -0.39 is 29.5 Å². The molecule has 1 amide bonds. The molecule has 0 saturated carbocycles. The van der Waals surface area contributed by atoms with Gasteiger partial charge >= 0.3 is 5.97 Å². The van der Waals surface area contributed by atoms with Crippen LogP contribution in [-0.2, 0) is 14.3 Å². The van der Waals surface area contributed by atoms with Crippen molar-refractivity contribution >= 4 is 17.6 Å². The summed E-state index contributed by atoms with van der Waals surface area (Å²) in [6, 6.07) is 5.57. The number of aliphatic carboxylic acids is 1. The Morgan fingerprint density at radius 1 is 1.38 bits per heavy atom. The van der Waals surface area contributed by atoms with Crippen molar-refractivity contribution in [3.05, 3.63) is 42.2 Å². The maximum absolute atomic E-state index is 13.0. The lowest BCUT2D eigenvalue weighted by Gasteiger charge is -2.21. The van der Waals surface area contributed by atoms with Gasteiger partial charge in [-0.05, 0) is 24.3 Å². The lowest BCUT2D eigenvalue weighted by Crippen LogP contribution is -2.39. The molecule has 1 N–H and O–H groups in total. The highest BCUT2D eigenvalue weighted by Gasteiger charge is 2.67. The number of halogens is 1. The lowest BCUT2D eigenvalue weighted by molar-refractivity contribution is -0.146. The van der Waals surface area contributed by atoms with Crippen LogP contribution in [0.2, 0.25) is 0 Å². The van der Waals surface area contributed by atoms with Crippen LogP contribution in [0.3, 0.4) is 0 Å². The smallest absolute Gasteiger partial charge is 0.310 e. The minimum atomic E-state index is -1.02. The van der Waals surface area contributed by atoms with Gasteiger partial charge < -0.3 is 14.7 Å². The van der Waals surface area contributed by atoms with E-state index in [2.05, 4.69) is 0 Å². The highest BCUT2D eigenvalue weighted by atomic mass is 19.1. The van der Waals surface area contributed by atoms with Gasteiger partial charge in [-0.15, -0.1) is 0 Å².